The van der Waals surface area contributed by atoms with E-state index in [1.807, 2.05) is 0 Å². The summed E-state index contributed by atoms with van der Waals surface area (Å²) >= 11 is 0. The molecule has 0 unspecified atom stereocenters. The van der Waals surface area contributed by atoms with Gasteiger partial charge in [-0.3, -0.25) is 4.79 Å². The van der Waals surface area contributed by atoms with Crippen molar-refractivity contribution in [2.45, 2.75) is 32.4 Å². The summed E-state index contributed by atoms with van der Waals surface area (Å²) in [7, 11) is 0. The fourth-order valence-corrected chi connectivity index (χ4v) is 1.08. The highest BCUT2D eigenvalue weighted by Crippen LogP contribution is 2.11. The highest BCUT2D eigenvalue weighted by Gasteiger charge is 2.28. The maximum Gasteiger partial charge on any atom is 0.328 e. The zero-order valence-electron chi connectivity index (χ0n) is 9.21. The fourth-order valence-electron chi connectivity index (χ4n) is 1.08. The summed E-state index contributed by atoms with van der Waals surface area (Å²) in [6, 6.07) is -2.53. The minimum absolute atomic E-state index is 0.273. The Morgan fingerprint density at radius 1 is 1.44 bits per heavy atom. The Morgan fingerprint density at radius 2 is 2.00 bits per heavy atom. The molecule has 0 aliphatic carbocycles. The van der Waals surface area contributed by atoms with E-state index in [9.17, 15) is 14.5 Å². The number of carboxylic acids is 1. The summed E-state index contributed by atoms with van der Waals surface area (Å²) in [6.45, 7) is 2.73. The Labute approximate surface area is 92.8 Å². The Morgan fingerprint density at radius 3 is 2.31 bits per heavy atom. The van der Waals surface area contributed by atoms with E-state index in [0.29, 0.717) is 6.42 Å². The van der Waals surface area contributed by atoms with Gasteiger partial charge in [0.05, 0.1) is 6.61 Å². The smallest absolute Gasteiger partial charge is 0.328 e. The normalized spacial score (nSPS) is 15.9. The van der Waals surface area contributed by atoms with E-state index in [1.165, 1.54) is 0 Å². The monoisotopic (exact) mass is 232 g/mol. The minimum atomic E-state index is -1.40. The number of aliphatic carboxylic acids is 1. The fraction of sp³-hybridized carbons (Fsp3) is 0.778. The van der Waals surface area contributed by atoms with Gasteiger partial charge in [0.15, 0.2) is 6.04 Å². The van der Waals surface area contributed by atoms with Gasteiger partial charge in [-0.1, -0.05) is 25.4 Å². The van der Waals surface area contributed by atoms with Gasteiger partial charge in [0.2, 0.25) is 5.91 Å². The van der Waals surface area contributed by atoms with Gasteiger partial charge >= 0.3 is 5.97 Å². The number of nitrogens with one attached hydrogen (secondary N) is 1. The number of amides is 1. The topological polar surface area (TPSA) is 116 Å². The van der Waals surface area contributed by atoms with Crippen LogP contribution in [0.5, 0.6) is 0 Å². The molecule has 0 heterocycles. The van der Waals surface area contributed by atoms with E-state index in [2.05, 4.69) is 10.5 Å². The number of aliphatic hydroxyl groups excluding tert-OH is 1. The second kappa shape index (κ2) is 6.89. The first-order chi connectivity index (χ1) is 7.47. The van der Waals surface area contributed by atoms with E-state index < -0.39 is 30.6 Å². The molecule has 0 aromatic carbocycles. The molecule has 7 nitrogen and oxygen atoms in total. The van der Waals surface area contributed by atoms with Crippen LogP contribution in [0.2, 0.25) is 0 Å². The standard InChI is InChI=1S/C9H16N2O5/c1-3-5(2)7(11-16)8(13)10-6(4-12)9(14)15/h5-7,12H,3-4H2,1-2H3,(H,10,13)(H,14,15)/t5-,6-,7-/m0/s1. The molecule has 0 saturated carbocycles. The first kappa shape index (κ1) is 14.5. The first-order valence-corrected chi connectivity index (χ1v) is 4.94. The number of carboxylic acid groups (broad SMARTS) is 1. The van der Waals surface area contributed by atoms with Crippen LogP contribution in [0, 0.1) is 10.8 Å². The van der Waals surface area contributed by atoms with Crippen molar-refractivity contribution >= 4 is 11.9 Å². The highest BCUT2D eigenvalue weighted by atomic mass is 16.4. The molecule has 16 heavy (non-hydrogen) atoms. The second-order valence-electron chi connectivity index (χ2n) is 3.52. The maximum atomic E-state index is 11.5. The third kappa shape index (κ3) is 3.93. The summed E-state index contributed by atoms with van der Waals surface area (Å²) in [6.07, 6.45) is 0.570. The lowest BCUT2D eigenvalue weighted by Crippen LogP contribution is -2.48. The van der Waals surface area contributed by atoms with Crippen molar-refractivity contribution in [1.29, 1.82) is 0 Å². The molecule has 7 heteroatoms. The number of hydrogen-bond acceptors (Lipinski definition) is 5. The van der Waals surface area contributed by atoms with Gasteiger partial charge in [0, 0.05) is 0 Å². The number of carbonyl (C=O) groups is 2. The average Bonchev–Trinajstić information content (AvgIpc) is 2.25. The number of aliphatic hydroxyl groups is 1. The van der Waals surface area contributed by atoms with E-state index in [4.69, 9.17) is 10.2 Å². The Bertz CT molecular complexity index is 269. The van der Waals surface area contributed by atoms with Gasteiger partial charge in [-0.05, 0) is 5.92 Å². The third-order valence-corrected chi connectivity index (χ3v) is 2.36. The van der Waals surface area contributed by atoms with Crippen molar-refractivity contribution in [3.05, 3.63) is 4.91 Å². The first-order valence-electron chi connectivity index (χ1n) is 4.94. The lowest BCUT2D eigenvalue weighted by molar-refractivity contribution is -0.143. The van der Waals surface area contributed by atoms with E-state index in [0.717, 1.165) is 0 Å². The maximum absolute atomic E-state index is 11.5. The van der Waals surface area contributed by atoms with E-state index in [-0.39, 0.29) is 5.92 Å². The van der Waals surface area contributed by atoms with Gasteiger partial charge in [-0.2, -0.15) is 0 Å². The second-order valence-corrected chi connectivity index (χ2v) is 3.52. The van der Waals surface area contributed by atoms with Crippen molar-refractivity contribution in [1.82, 2.24) is 5.32 Å². The van der Waals surface area contributed by atoms with Gasteiger partial charge in [-0.15, -0.1) is 4.91 Å². The number of carbonyl (C=O) groups excluding carboxylic acids is 1. The molecule has 0 aromatic rings. The molecule has 0 spiro atoms. The molecular weight excluding hydrogens is 216 g/mol. The molecule has 0 aromatic heterocycles. The lowest BCUT2D eigenvalue weighted by atomic mass is 9.99. The predicted molar refractivity (Wildman–Crippen MR) is 55.7 cm³/mol. The number of hydrogen-bond donors (Lipinski definition) is 3. The minimum Gasteiger partial charge on any atom is -0.480 e. The van der Waals surface area contributed by atoms with Gasteiger partial charge < -0.3 is 15.5 Å². The molecule has 3 atom stereocenters. The van der Waals surface area contributed by atoms with Crippen molar-refractivity contribution in [2.24, 2.45) is 11.1 Å². The lowest BCUT2D eigenvalue weighted by Gasteiger charge is -2.18. The molecular formula is C9H16N2O5. The van der Waals surface area contributed by atoms with Gasteiger partial charge in [-0.25, -0.2) is 4.79 Å². The summed E-state index contributed by atoms with van der Waals surface area (Å²) in [5.41, 5.74) is 0. The predicted octanol–water partition coefficient (Wildman–Crippen LogP) is -0.271. The molecule has 3 N–H and O–H groups in total. The molecule has 0 saturated heterocycles. The SMILES string of the molecule is CC[C@H](C)[C@H](N=O)C(=O)N[C@@H](CO)C(=O)O. The van der Waals surface area contributed by atoms with E-state index >= 15 is 0 Å². The van der Waals surface area contributed by atoms with Crippen LogP contribution in [0.15, 0.2) is 5.18 Å². The van der Waals surface area contributed by atoms with Crippen molar-refractivity contribution in [3.8, 4) is 0 Å². The number of rotatable bonds is 7. The van der Waals surface area contributed by atoms with Crippen molar-refractivity contribution in [2.75, 3.05) is 6.61 Å². The van der Waals surface area contributed by atoms with Crippen LogP contribution in [0.1, 0.15) is 20.3 Å². The molecule has 0 aliphatic heterocycles. The average molecular weight is 232 g/mol. The highest BCUT2D eigenvalue weighted by molar-refractivity contribution is 5.87. The van der Waals surface area contributed by atoms with Crippen LogP contribution in [0.3, 0.4) is 0 Å². The van der Waals surface area contributed by atoms with Crippen LogP contribution in [0.4, 0.5) is 0 Å². The Balaban J connectivity index is 4.52. The summed E-state index contributed by atoms with van der Waals surface area (Å²) in [5, 5.41) is 22.0. The van der Waals surface area contributed by atoms with Crippen LogP contribution < -0.4 is 5.32 Å². The number of nitrogens with zero attached hydrogens (tertiary/aromatic N) is 1. The molecule has 0 radical (unpaired) electrons. The Hall–Kier alpha value is -1.50. The van der Waals surface area contributed by atoms with Crippen molar-refractivity contribution < 1.29 is 19.8 Å². The molecule has 0 fully saturated rings. The molecule has 0 aliphatic rings. The molecule has 1 amide bonds. The molecule has 92 valence electrons. The number of nitroso groups, excluding NO2 is 1. The summed E-state index contributed by atoms with van der Waals surface area (Å²) < 4.78 is 0. The Kier molecular flexibility index (Phi) is 6.24. The van der Waals surface area contributed by atoms with Crippen LogP contribution in [-0.2, 0) is 9.59 Å². The van der Waals surface area contributed by atoms with Crippen LogP contribution >= 0.6 is 0 Å². The largest absolute Gasteiger partial charge is 0.480 e. The van der Waals surface area contributed by atoms with Gasteiger partial charge in [0.1, 0.15) is 6.04 Å². The summed E-state index contributed by atoms with van der Waals surface area (Å²) in [5.74, 6) is -2.40. The van der Waals surface area contributed by atoms with Crippen molar-refractivity contribution in [3.63, 3.8) is 0 Å². The van der Waals surface area contributed by atoms with Gasteiger partial charge in [0.25, 0.3) is 0 Å². The zero-order valence-corrected chi connectivity index (χ0v) is 9.21. The third-order valence-electron chi connectivity index (χ3n) is 2.36. The summed E-state index contributed by atoms with van der Waals surface area (Å²) in [4.78, 5) is 32.5. The van der Waals surface area contributed by atoms with Crippen LogP contribution in [-0.4, -0.2) is 40.8 Å². The zero-order chi connectivity index (χ0) is 12.7. The van der Waals surface area contributed by atoms with Crippen LogP contribution in [0.25, 0.3) is 0 Å². The van der Waals surface area contributed by atoms with E-state index in [1.54, 1.807) is 13.8 Å². The quantitative estimate of drug-likeness (QED) is 0.522. The molecule has 0 rings (SSSR count). The molecule has 0 bridgehead atoms.